The van der Waals surface area contributed by atoms with Crippen LogP contribution in [0.2, 0.25) is 0 Å². The van der Waals surface area contributed by atoms with Crippen LogP contribution in [0, 0.1) is 28.6 Å². The minimum atomic E-state index is -1.51. The minimum absolute atomic E-state index is 0.0511. The van der Waals surface area contributed by atoms with Crippen LogP contribution in [-0.4, -0.2) is 138 Å². The van der Waals surface area contributed by atoms with Crippen LogP contribution in [0.25, 0.3) is 0 Å². The van der Waals surface area contributed by atoms with E-state index in [0.717, 1.165) is 24.0 Å². The van der Waals surface area contributed by atoms with Gasteiger partial charge in [0.05, 0.1) is 25.2 Å². The maximum Gasteiger partial charge on any atom is 0.407 e. The standard InChI is InChI=1S/C40H59N3O14/c1-19(2)39-15-24(39)32-40(57-32)37(5)12-10-22-23(16-52-34(22)50)25(37)17-54-38(40,6)35(39)56-28(45)11-14-42-33(49)26(9-7-8-13-41-21(4)44)43-36(51)53-18-27-30(47)31(48)29(46)20(3)55-27/h19-20,24-27,29-32,35,46-48H,7-18H2,1-6H3,(H,41,44)(H,42,49)(H,43,51)/t20?,24-,25?,26-,27+,29-,30+,31+,32-,35-,37-,38+,39+,40+/m0/s1. The van der Waals surface area contributed by atoms with E-state index in [1.54, 1.807) is 0 Å². The summed E-state index contributed by atoms with van der Waals surface area (Å²) >= 11 is 0. The van der Waals surface area contributed by atoms with E-state index in [9.17, 15) is 39.3 Å². The average molecular weight is 806 g/mol. The van der Waals surface area contributed by atoms with Crippen molar-refractivity contribution >= 4 is 29.8 Å². The highest BCUT2D eigenvalue weighted by molar-refractivity contribution is 5.92. The number of aliphatic hydroxyl groups excluding tert-OH is 3. The summed E-state index contributed by atoms with van der Waals surface area (Å²) in [6, 6.07) is -1.07. The van der Waals surface area contributed by atoms with Crippen LogP contribution >= 0.6 is 0 Å². The number of cyclic esters (lactones) is 1. The van der Waals surface area contributed by atoms with E-state index in [1.807, 2.05) is 6.92 Å². The molecule has 17 heteroatoms. The second-order valence-corrected chi connectivity index (χ2v) is 17.9. The molecule has 4 heterocycles. The van der Waals surface area contributed by atoms with Gasteiger partial charge in [0.15, 0.2) is 0 Å². The first-order valence-corrected chi connectivity index (χ1v) is 20.5. The van der Waals surface area contributed by atoms with Crippen LogP contribution in [0.5, 0.6) is 0 Å². The quantitative estimate of drug-likeness (QED) is 0.0609. The van der Waals surface area contributed by atoms with Crippen molar-refractivity contribution in [3.8, 4) is 0 Å². The van der Waals surface area contributed by atoms with Gasteiger partial charge < -0.3 is 59.7 Å². The third-order valence-corrected chi connectivity index (χ3v) is 14.5. The average Bonchev–Trinajstić information content (AvgIpc) is 4.06. The van der Waals surface area contributed by atoms with Crippen molar-refractivity contribution in [3.05, 3.63) is 11.1 Å². The second-order valence-electron chi connectivity index (χ2n) is 17.9. The van der Waals surface area contributed by atoms with Crippen LogP contribution in [0.4, 0.5) is 4.79 Å². The van der Waals surface area contributed by atoms with Gasteiger partial charge in [0.25, 0.3) is 0 Å². The van der Waals surface area contributed by atoms with E-state index in [1.165, 1.54) is 13.8 Å². The number of nitrogens with one attached hydrogen (secondary N) is 3. The number of epoxide rings is 1. The summed E-state index contributed by atoms with van der Waals surface area (Å²) in [5, 5.41) is 38.3. The minimum Gasteiger partial charge on any atom is -0.458 e. The third kappa shape index (κ3) is 6.83. The molecule has 0 bridgehead atoms. The Bertz CT molecular complexity index is 1670. The monoisotopic (exact) mass is 805 g/mol. The van der Waals surface area contributed by atoms with E-state index in [4.69, 9.17) is 28.4 Å². The fourth-order valence-corrected chi connectivity index (χ4v) is 11.2. The number of esters is 2. The first kappa shape index (κ1) is 41.8. The number of aliphatic hydroxyl groups is 3. The molecule has 3 saturated heterocycles. The molecule has 7 aliphatic rings. The Hall–Kier alpha value is -3.35. The summed E-state index contributed by atoms with van der Waals surface area (Å²) in [6.07, 6.45) is -4.68. The third-order valence-electron chi connectivity index (χ3n) is 14.5. The number of ether oxygens (including phenoxy) is 6. The topological polar surface area (TPSA) is 241 Å². The molecular weight excluding hydrogens is 746 g/mol. The molecule has 0 radical (unpaired) electrons. The maximum atomic E-state index is 13.8. The van der Waals surface area contributed by atoms with Crippen LogP contribution < -0.4 is 16.0 Å². The van der Waals surface area contributed by atoms with E-state index in [-0.39, 0.29) is 72.6 Å². The molecule has 318 valence electrons. The molecule has 0 aromatic carbocycles. The lowest BCUT2D eigenvalue weighted by atomic mass is 9.49. The lowest BCUT2D eigenvalue weighted by Crippen LogP contribution is -2.73. The smallest absolute Gasteiger partial charge is 0.407 e. The zero-order valence-electron chi connectivity index (χ0n) is 33.7. The Labute approximate surface area is 332 Å². The van der Waals surface area contributed by atoms with Gasteiger partial charge in [-0.1, -0.05) is 20.8 Å². The zero-order chi connectivity index (χ0) is 41.2. The molecule has 4 aliphatic heterocycles. The Kier molecular flexibility index (Phi) is 11.3. The van der Waals surface area contributed by atoms with E-state index >= 15 is 0 Å². The molecule has 1 spiro atoms. The molecular formula is C40H59N3O14. The Morgan fingerprint density at radius 2 is 1.77 bits per heavy atom. The molecule has 2 saturated carbocycles. The van der Waals surface area contributed by atoms with Gasteiger partial charge in [-0.25, -0.2) is 9.59 Å². The largest absolute Gasteiger partial charge is 0.458 e. The summed E-state index contributed by atoms with van der Waals surface area (Å²) in [7, 11) is 0. The molecule has 5 fully saturated rings. The van der Waals surface area contributed by atoms with Gasteiger partial charge in [0, 0.05) is 42.3 Å². The van der Waals surface area contributed by atoms with E-state index in [2.05, 4.69) is 36.7 Å². The molecule has 3 amide bonds. The molecule has 2 unspecified atom stereocenters. The number of rotatable bonds is 14. The summed E-state index contributed by atoms with van der Waals surface area (Å²) in [5.41, 5.74) is -0.609. The number of hydrogen-bond donors (Lipinski definition) is 6. The predicted octanol–water partition coefficient (Wildman–Crippen LogP) is 0.548. The normalized spacial score (nSPS) is 41.6. The van der Waals surface area contributed by atoms with Crippen LogP contribution in [-0.2, 0) is 47.6 Å². The van der Waals surface area contributed by atoms with Gasteiger partial charge in [0.1, 0.15) is 61.0 Å². The van der Waals surface area contributed by atoms with Gasteiger partial charge in [-0.05, 0) is 69.8 Å². The summed E-state index contributed by atoms with van der Waals surface area (Å²) in [6.45, 7) is 11.9. The first-order valence-electron chi connectivity index (χ1n) is 20.5. The summed E-state index contributed by atoms with van der Waals surface area (Å²) < 4.78 is 36.3. The van der Waals surface area contributed by atoms with Crippen molar-refractivity contribution in [2.45, 2.75) is 146 Å². The fraction of sp³-hybridized carbons (Fsp3) is 0.825. The maximum absolute atomic E-state index is 13.8. The number of hydrogen-bond acceptors (Lipinski definition) is 14. The number of carbonyl (C=O) groups is 5. The van der Waals surface area contributed by atoms with Crippen LogP contribution in [0.15, 0.2) is 11.1 Å². The molecule has 0 aromatic heterocycles. The SMILES string of the molecule is CC(=O)NCCCC[C@H](NC(=O)OC[C@H]1OC(C)[C@H](O)[C@@H](O)[C@@H]1O)C(=O)NCCC(=O)O[C@@H]1[C@@]2(C(C)C)C[C@H]2[C@@H]2O[C@@]23[C@@]2(C)CCC4=C(COC4=O)C2CO[C@]13C. The van der Waals surface area contributed by atoms with Crippen molar-refractivity contribution in [1.82, 2.24) is 16.0 Å². The first-order chi connectivity index (χ1) is 26.9. The number of amides is 3. The zero-order valence-corrected chi connectivity index (χ0v) is 33.7. The molecule has 57 heavy (non-hydrogen) atoms. The molecule has 3 aliphatic carbocycles. The number of alkyl carbamates (subject to hydrolysis) is 1. The van der Waals surface area contributed by atoms with Gasteiger partial charge in [-0.15, -0.1) is 0 Å². The molecule has 17 nitrogen and oxygen atoms in total. The van der Waals surface area contributed by atoms with Crippen molar-refractivity contribution in [3.63, 3.8) is 0 Å². The fourth-order valence-electron chi connectivity index (χ4n) is 11.2. The van der Waals surface area contributed by atoms with E-state index in [0.29, 0.717) is 32.4 Å². The molecule has 14 atom stereocenters. The van der Waals surface area contributed by atoms with Crippen LogP contribution in [0.3, 0.4) is 0 Å². The lowest BCUT2D eigenvalue weighted by Gasteiger charge is -2.61. The van der Waals surface area contributed by atoms with Crippen molar-refractivity contribution in [2.75, 3.05) is 32.9 Å². The summed E-state index contributed by atoms with van der Waals surface area (Å²) in [4.78, 5) is 63.9. The summed E-state index contributed by atoms with van der Waals surface area (Å²) in [5.74, 6) is -1.20. The number of carbonyl (C=O) groups excluding carboxylic acids is 5. The Morgan fingerprint density at radius 1 is 1.02 bits per heavy atom. The molecule has 6 N–H and O–H groups in total. The van der Waals surface area contributed by atoms with Gasteiger partial charge in [-0.3, -0.25) is 14.4 Å². The lowest BCUT2D eigenvalue weighted by molar-refractivity contribution is -0.265. The molecule has 7 rings (SSSR count). The van der Waals surface area contributed by atoms with Crippen molar-refractivity contribution in [1.29, 1.82) is 0 Å². The number of unbranched alkanes of at least 4 members (excludes halogenated alkanes) is 1. The number of fused-ring (bicyclic) bond motifs is 4. The van der Waals surface area contributed by atoms with Gasteiger partial charge in [-0.2, -0.15) is 0 Å². The second kappa shape index (κ2) is 15.4. The highest BCUT2D eigenvalue weighted by Gasteiger charge is 2.93. The predicted molar refractivity (Wildman–Crippen MR) is 197 cm³/mol. The Morgan fingerprint density at radius 3 is 2.49 bits per heavy atom. The van der Waals surface area contributed by atoms with Crippen LogP contribution in [0.1, 0.15) is 86.5 Å². The van der Waals surface area contributed by atoms with Crippen molar-refractivity contribution < 1.29 is 67.7 Å². The van der Waals surface area contributed by atoms with Gasteiger partial charge in [0.2, 0.25) is 11.8 Å². The Balaban J connectivity index is 0.979. The van der Waals surface area contributed by atoms with Gasteiger partial charge >= 0.3 is 18.0 Å². The van der Waals surface area contributed by atoms with Crippen molar-refractivity contribution in [2.24, 2.45) is 28.6 Å². The highest BCUT2D eigenvalue weighted by Crippen LogP contribution is 2.82. The van der Waals surface area contributed by atoms with E-state index < -0.39 is 78.4 Å². The molecule has 0 aromatic rings. The highest BCUT2D eigenvalue weighted by atomic mass is 16.7.